The Morgan fingerprint density at radius 2 is 2.06 bits per heavy atom. The van der Waals surface area contributed by atoms with Gasteiger partial charge in [-0.05, 0) is 25.0 Å². The summed E-state index contributed by atoms with van der Waals surface area (Å²) in [5, 5.41) is 8.86. The number of rotatable bonds is 7. The number of carboxylic acids is 1. The van der Waals surface area contributed by atoms with Crippen molar-refractivity contribution >= 4 is 27.1 Å². The molecule has 1 heterocycles. The van der Waals surface area contributed by atoms with E-state index in [0.717, 1.165) is 29.1 Å². The molecule has 0 radical (unpaired) electrons. The zero-order valence-corrected chi connectivity index (χ0v) is 12.2. The fourth-order valence-electron chi connectivity index (χ4n) is 1.65. The van der Waals surface area contributed by atoms with Crippen molar-refractivity contribution in [3.8, 4) is 0 Å². The zero-order valence-electron chi connectivity index (χ0n) is 10.6. The maximum atomic E-state index is 11.9. The molecule has 18 heavy (non-hydrogen) atoms. The summed E-state index contributed by atoms with van der Waals surface area (Å²) in [6, 6.07) is 1.47. The van der Waals surface area contributed by atoms with Crippen LogP contribution in [0.2, 0.25) is 0 Å². The summed E-state index contributed by atoms with van der Waals surface area (Å²) in [5.74, 6) is -0.872. The lowest BCUT2D eigenvalue weighted by Gasteiger charge is -2.03. The number of hydrogen-bond donors (Lipinski definition) is 1. The van der Waals surface area contributed by atoms with Crippen LogP contribution in [0.4, 0.5) is 0 Å². The molecule has 1 aromatic heterocycles. The SMILES string of the molecule is CCCCCS(=O)(=O)Cc1cc(C(=O)O)sc1C. The third-order valence-electron chi connectivity index (χ3n) is 2.67. The molecule has 0 amide bonds. The average molecular weight is 290 g/mol. The molecule has 0 spiro atoms. The molecule has 0 atom stereocenters. The first kappa shape index (κ1) is 15.2. The quantitative estimate of drug-likeness (QED) is 0.784. The van der Waals surface area contributed by atoms with Crippen LogP contribution in [0.1, 0.15) is 46.3 Å². The zero-order chi connectivity index (χ0) is 13.8. The van der Waals surface area contributed by atoms with Gasteiger partial charge in [0.15, 0.2) is 9.84 Å². The van der Waals surface area contributed by atoms with E-state index in [0.29, 0.717) is 12.0 Å². The van der Waals surface area contributed by atoms with Crippen molar-refractivity contribution in [3.63, 3.8) is 0 Å². The molecule has 0 saturated carbocycles. The van der Waals surface area contributed by atoms with E-state index in [9.17, 15) is 13.2 Å². The van der Waals surface area contributed by atoms with Crippen molar-refractivity contribution in [2.75, 3.05) is 5.75 Å². The molecule has 0 aliphatic rings. The summed E-state index contributed by atoms with van der Waals surface area (Å²) in [6.07, 6.45) is 2.56. The summed E-state index contributed by atoms with van der Waals surface area (Å²) in [5.41, 5.74) is 0.619. The van der Waals surface area contributed by atoms with Crippen LogP contribution in [0.3, 0.4) is 0 Å². The second-order valence-corrected chi connectivity index (χ2v) is 7.74. The Morgan fingerprint density at radius 1 is 1.39 bits per heavy atom. The van der Waals surface area contributed by atoms with E-state index in [1.54, 1.807) is 6.92 Å². The van der Waals surface area contributed by atoms with E-state index in [1.165, 1.54) is 6.07 Å². The molecule has 1 rings (SSSR count). The highest BCUT2D eigenvalue weighted by Crippen LogP contribution is 2.23. The lowest BCUT2D eigenvalue weighted by atomic mass is 10.3. The molecule has 0 aliphatic carbocycles. The van der Waals surface area contributed by atoms with Crippen LogP contribution in [-0.2, 0) is 15.6 Å². The van der Waals surface area contributed by atoms with Gasteiger partial charge in [-0.1, -0.05) is 19.8 Å². The topological polar surface area (TPSA) is 71.4 Å². The van der Waals surface area contributed by atoms with Gasteiger partial charge < -0.3 is 5.11 Å². The second-order valence-electron chi connectivity index (χ2n) is 4.30. The van der Waals surface area contributed by atoms with Crippen molar-refractivity contribution in [2.24, 2.45) is 0 Å². The fourth-order valence-corrected chi connectivity index (χ4v) is 4.18. The Bertz CT molecular complexity index is 514. The largest absolute Gasteiger partial charge is 0.477 e. The predicted molar refractivity (Wildman–Crippen MR) is 73.0 cm³/mol. The van der Waals surface area contributed by atoms with Crippen molar-refractivity contribution in [3.05, 3.63) is 21.4 Å². The number of carboxylic acid groups (broad SMARTS) is 1. The third-order valence-corrected chi connectivity index (χ3v) is 5.41. The van der Waals surface area contributed by atoms with Gasteiger partial charge in [-0.2, -0.15) is 0 Å². The van der Waals surface area contributed by atoms with Crippen molar-refractivity contribution in [1.29, 1.82) is 0 Å². The second kappa shape index (κ2) is 6.33. The van der Waals surface area contributed by atoms with E-state index < -0.39 is 15.8 Å². The maximum absolute atomic E-state index is 11.9. The predicted octanol–water partition coefficient (Wildman–Crippen LogP) is 2.86. The lowest BCUT2D eigenvalue weighted by molar-refractivity contribution is 0.0702. The van der Waals surface area contributed by atoms with Crippen LogP contribution in [-0.4, -0.2) is 25.2 Å². The van der Waals surface area contributed by atoms with Crippen molar-refractivity contribution in [1.82, 2.24) is 0 Å². The molecule has 4 nitrogen and oxygen atoms in total. The maximum Gasteiger partial charge on any atom is 0.345 e. The molecular formula is C12H18O4S2. The molecule has 0 saturated heterocycles. The van der Waals surface area contributed by atoms with Crippen molar-refractivity contribution in [2.45, 2.75) is 38.9 Å². The van der Waals surface area contributed by atoms with E-state index in [-0.39, 0.29) is 16.4 Å². The molecule has 0 bridgehead atoms. The first-order valence-corrected chi connectivity index (χ1v) is 8.52. The number of thiophene rings is 1. The van der Waals surface area contributed by atoms with Gasteiger partial charge in [-0.15, -0.1) is 11.3 Å². The number of carbonyl (C=O) groups is 1. The molecule has 1 N–H and O–H groups in total. The minimum atomic E-state index is -3.13. The van der Waals surface area contributed by atoms with Crippen LogP contribution in [0.15, 0.2) is 6.07 Å². The van der Waals surface area contributed by atoms with Gasteiger partial charge in [-0.3, -0.25) is 0 Å². The van der Waals surface area contributed by atoms with E-state index >= 15 is 0 Å². The Hall–Kier alpha value is -0.880. The minimum absolute atomic E-state index is 0.0493. The fraction of sp³-hybridized carbons (Fsp3) is 0.583. The third kappa shape index (κ3) is 4.42. The number of aromatic carboxylic acids is 1. The summed E-state index contributed by atoms with van der Waals surface area (Å²) in [6.45, 7) is 3.78. The molecule has 1 aromatic rings. The minimum Gasteiger partial charge on any atom is -0.477 e. The van der Waals surface area contributed by atoms with Gasteiger partial charge in [0.2, 0.25) is 0 Å². The first-order valence-electron chi connectivity index (χ1n) is 5.88. The molecule has 6 heteroatoms. The molecule has 0 unspecified atom stereocenters. The molecule has 0 aromatic carbocycles. The normalized spacial score (nSPS) is 11.7. The summed E-state index contributed by atoms with van der Waals surface area (Å²) < 4.78 is 23.7. The van der Waals surface area contributed by atoms with Gasteiger partial charge in [0.1, 0.15) is 4.88 Å². The Balaban J connectivity index is 2.74. The van der Waals surface area contributed by atoms with E-state index in [1.807, 2.05) is 6.92 Å². The molecule has 0 fully saturated rings. The Kier molecular flexibility index (Phi) is 5.34. The average Bonchev–Trinajstić information content (AvgIpc) is 2.60. The van der Waals surface area contributed by atoms with E-state index in [2.05, 4.69) is 0 Å². The van der Waals surface area contributed by atoms with Crippen LogP contribution < -0.4 is 0 Å². The van der Waals surface area contributed by atoms with Gasteiger partial charge in [0, 0.05) is 4.88 Å². The van der Waals surface area contributed by atoms with Gasteiger partial charge in [-0.25, -0.2) is 13.2 Å². The summed E-state index contributed by atoms with van der Waals surface area (Å²) in [7, 11) is -3.13. The van der Waals surface area contributed by atoms with E-state index in [4.69, 9.17) is 5.11 Å². The lowest BCUT2D eigenvalue weighted by Crippen LogP contribution is -2.09. The Morgan fingerprint density at radius 3 is 2.56 bits per heavy atom. The van der Waals surface area contributed by atoms with Crippen LogP contribution in [0, 0.1) is 6.92 Å². The standard InChI is InChI=1S/C12H18O4S2/c1-3-4-5-6-18(15,16)8-10-7-11(12(13)14)17-9(10)2/h7H,3-6,8H2,1-2H3,(H,13,14). The van der Waals surface area contributed by atoms with Crippen LogP contribution >= 0.6 is 11.3 Å². The van der Waals surface area contributed by atoms with Crippen LogP contribution in [0.5, 0.6) is 0 Å². The highest BCUT2D eigenvalue weighted by Gasteiger charge is 2.17. The smallest absolute Gasteiger partial charge is 0.345 e. The highest BCUT2D eigenvalue weighted by atomic mass is 32.2. The van der Waals surface area contributed by atoms with Gasteiger partial charge in [0.25, 0.3) is 0 Å². The molecule has 102 valence electrons. The number of aryl methyl sites for hydroxylation is 1. The van der Waals surface area contributed by atoms with Crippen molar-refractivity contribution < 1.29 is 18.3 Å². The monoisotopic (exact) mass is 290 g/mol. The Labute approximate surface area is 112 Å². The van der Waals surface area contributed by atoms with Gasteiger partial charge >= 0.3 is 5.97 Å². The number of hydrogen-bond acceptors (Lipinski definition) is 4. The molecule has 0 aliphatic heterocycles. The summed E-state index contributed by atoms with van der Waals surface area (Å²) >= 11 is 1.13. The summed E-state index contributed by atoms with van der Waals surface area (Å²) in [4.78, 5) is 11.8. The first-order chi connectivity index (χ1) is 8.35. The highest BCUT2D eigenvalue weighted by molar-refractivity contribution is 7.90. The van der Waals surface area contributed by atoms with Crippen LogP contribution in [0.25, 0.3) is 0 Å². The number of unbranched alkanes of at least 4 members (excludes halogenated alkanes) is 2. The number of sulfone groups is 1. The van der Waals surface area contributed by atoms with Gasteiger partial charge in [0.05, 0.1) is 11.5 Å². The molecular weight excluding hydrogens is 272 g/mol.